The smallest absolute Gasteiger partial charge is 0.126 e. The van der Waals surface area contributed by atoms with Gasteiger partial charge in [-0.2, -0.15) is 0 Å². The van der Waals surface area contributed by atoms with Crippen molar-refractivity contribution in [1.29, 1.82) is 0 Å². The Kier molecular flexibility index (Phi) is 6.91. The van der Waals surface area contributed by atoms with Crippen molar-refractivity contribution in [3.63, 3.8) is 0 Å². The summed E-state index contributed by atoms with van der Waals surface area (Å²) in [7, 11) is 1.72. The van der Waals surface area contributed by atoms with Crippen LogP contribution in [0.4, 0.5) is 0 Å². The van der Waals surface area contributed by atoms with Crippen LogP contribution in [0, 0.1) is 0 Å². The molecule has 0 amide bonds. The maximum absolute atomic E-state index is 5.64. The Morgan fingerprint density at radius 3 is 2.68 bits per heavy atom. The minimum atomic E-state index is 0.289. The first-order chi connectivity index (χ1) is 12.3. The second-order valence-corrected chi connectivity index (χ2v) is 7.16. The summed E-state index contributed by atoms with van der Waals surface area (Å²) in [5.74, 6) is 0.924. The first-order valence-electron chi connectivity index (χ1n) is 9.67. The van der Waals surface area contributed by atoms with Crippen LogP contribution >= 0.6 is 0 Å². The van der Waals surface area contributed by atoms with Crippen LogP contribution < -0.4 is 10.1 Å². The van der Waals surface area contributed by atoms with Crippen LogP contribution in [0.1, 0.15) is 37.7 Å². The van der Waals surface area contributed by atoms with Crippen molar-refractivity contribution >= 4 is 6.08 Å². The van der Waals surface area contributed by atoms with Gasteiger partial charge in [-0.05, 0) is 44.8 Å². The van der Waals surface area contributed by atoms with Crippen LogP contribution in [-0.2, 0) is 4.74 Å². The van der Waals surface area contributed by atoms with E-state index in [0.717, 1.165) is 50.5 Å². The predicted molar refractivity (Wildman–Crippen MR) is 103 cm³/mol. The van der Waals surface area contributed by atoms with Crippen LogP contribution in [-0.4, -0.2) is 56.9 Å². The Balaban J connectivity index is 1.53. The lowest BCUT2D eigenvalue weighted by Crippen LogP contribution is -2.59. The number of nitrogens with zero attached hydrogens (tertiary/aromatic N) is 1. The van der Waals surface area contributed by atoms with Gasteiger partial charge in [0.2, 0.25) is 0 Å². The number of nitrogens with one attached hydrogen (secondary N) is 1. The van der Waals surface area contributed by atoms with Gasteiger partial charge in [0.1, 0.15) is 5.75 Å². The fraction of sp³-hybridized carbons (Fsp3) is 0.619. The molecule has 1 aromatic rings. The van der Waals surface area contributed by atoms with Crippen LogP contribution in [0.5, 0.6) is 5.75 Å². The lowest BCUT2D eigenvalue weighted by molar-refractivity contribution is -0.0352. The van der Waals surface area contributed by atoms with Gasteiger partial charge in [0, 0.05) is 37.4 Å². The first kappa shape index (κ1) is 18.4. The number of likely N-dealkylation sites (tertiary alicyclic amines) is 1. The maximum Gasteiger partial charge on any atom is 0.126 e. The van der Waals surface area contributed by atoms with Crippen molar-refractivity contribution in [1.82, 2.24) is 10.2 Å². The van der Waals surface area contributed by atoms with Crippen molar-refractivity contribution in [3.8, 4) is 5.75 Å². The molecule has 0 saturated carbocycles. The number of hydrogen-bond donors (Lipinski definition) is 1. The Morgan fingerprint density at radius 2 is 1.92 bits per heavy atom. The number of methoxy groups -OCH3 is 1. The molecule has 1 N–H and O–H groups in total. The molecule has 0 unspecified atom stereocenters. The molecule has 0 aliphatic carbocycles. The van der Waals surface area contributed by atoms with Gasteiger partial charge in [0.05, 0.1) is 7.11 Å². The molecule has 2 heterocycles. The number of benzene rings is 1. The second-order valence-electron chi connectivity index (χ2n) is 7.16. The summed E-state index contributed by atoms with van der Waals surface area (Å²) in [6.45, 7) is 6.23. The van der Waals surface area contributed by atoms with Crippen LogP contribution in [0.15, 0.2) is 30.3 Å². The zero-order valence-corrected chi connectivity index (χ0v) is 15.5. The summed E-state index contributed by atoms with van der Waals surface area (Å²) in [4.78, 5) is 2.73. The average Bonchev–Trinajstić information content (AvgIpc) is 2.69. The van der Waals surface area contributed by atoms with Crippen LogP contribution in [0.25, 0.3) is 6.08 Å². The Morgan fingerprint density at radius 1 is 1.16 bits per heavy atom. The SMILES string of the molecule is COc1ccccc1/C=C/CNCC1(N2CCCCC2)CCOCC1. The Bertz CT molecular complexity index is 547. The molecule has 25 heavy (non-hydrogen) atoms. The van der Waals surface area contributed by atoms with E-state index in [0.29, 0.717) is 0 Å². The Labute approximate surface area is 152 Å². The normalized spacial score (nSPS) is 21.5. The highest BCUT2D eigenvalue weighted by molar-refractivity contribution is 5.57. The third kappa shape index (κ3) is 4.84. The molecule has 0 aromatic heterocycles. The van der Waals surface area contributed by atoms with E-state index in [4.69, 9.17) is 9.47 Å². The molecule has 0 spiro atoms. The molecule has 4 heteroatoms. The zero-order valence-electron chi connectivity index (χ0n) is 15.5. The fourth-order valence-electron chi connectivity index (χ4n) is 4.10. The van der Waals surface area contributed by atoms with Crippen molar-refractivity contribution in [2.45, 2.75) is 37.6 Å². The van der Waals surface area contributed by atoms with E-state index < -0.39 is 0 Å². The highest BCUT2D eigenvalue weighted by Crippen LogP contribution is 2.30. The van der Waals surface area contributed by atoms with Gasteiger partial charge >= 0.3 is 0 Å². The van der Waals surface area contributed by atoms with Crippen molar-refractivity contribution in [3.05, 3.63) is 35.9 Å². The maximum atomic E-state index is 5.64. The van der Waals surface area contributed by atoms with E-state index in [2.05, 4.69) is 28.4 Å². The molecule has 2 saturated heterocycles. The molecule has 2 aliphatic rings. The summed E-state index contributed by atoms with van der Waals surface area (Å²) in [6.07, 6.45) is 10.7. The van der Waals surface area contributed by atoms with Gasteiger partial charge in [-0.1, -0.05) is 36.8 Å². The van der Waals surface area contributed by atoms with Gasteiger partial charge in [-0.3, -0.25) is 4.90 Å². The van der Waals surface area contributed by atoms with Crippen molar-refractivity contribution < 1.29 is 9.47 Å². The minimum absolute atomic E-state index is 0.289. The van der Waals surface area contributed by atoms with E-state index >= 15 is 0 Å². The number of ether oxygens (including phenoxy) is 2. The van der Waals surface area contributed by atoms with Gasteiger partial charge in [0.25, 0.3) is 0 Å². The van der Waals surface area contributed by atoms with Gasteiger partial charge in [-0.15, -0.1) is 0 Å². The van der Waals surface area contributed by atoms with E-state index in [1.54, 1.807) is 7.11 Å². The Hall–Kier alpha value is -1.36. The topological polar surface area (TPSA) is 33.7 Å². The minimum Gasteiger partial charge on any atom is -0.496 e. The fourth-order valence-corrected chi connectivity index (χ4v) is 4.10. The zero-order chi connectivity index (χ0) is 17.4. The van der Waals surface area contributed by atoms with E-state index in [9.17, 15) is 0 Å². The molecule has 0 radical (unpaired) electrons. The predicted octanol–water partition coefficient (Wildman–Crippen LogP) is 3.33. The molecule has 3 rings (SSSR count). The van der Waals surface area contributed by atoms with Crippen LogP contribution in [0.3, 0.4) is 0 Å². The summed E-state index contributed by atoms with van der Waals surface area (Å²) in [6, 6.07) is 8.13. The van der Waals surface area contributed by atoms with Crippen molar-refractivity contribution in [2.24, 2.45) is 0 Å². The molecule has 0 bridgehead atoms. The van der Waals surface area contributed by atoms with Gasteiger partial charge < -0.3 is 14.8 Å². The largest absolute Gasteiger partial charge is 0.496 e. The highest BCUT2D eigenvalue weighted by atomic mass is 16.5. The van der Waals surface area contributed by atoms with Crippen LogP contribution in [0.2, 0.25) is 0 Å². The average molecular weight is 344 g/mol. The standard InChI is InChI=1S/C21H32N2O2/c1-24-20-10-4-3-8-19(20)9-7-13-22-18-21(11-16-25-17-12-21)23-14-5-2-6-15-23/h3-4,7-10,22H,2,5-6,11-18H2,1H3/b9-7+. The number of para-hydroxylation sites is 1. The molecule has 138 valence electrons. The monoisotopic (exact) mass is 344 g/mol. The van der Waals surface area contributed by atoms with E-state index in [1.807, 2.05) is 18.2 Å². The molecule has 1 aromatic carbocycles. The summed E-state index contributed by atoms with van der Waals surface area (Å²) in [5.41, 5.74) is 1.42. The molecular formula is C21H32N2O2. The molecular weight excluding hydrogens is 312 g/mol. The summed E-state index contributed by atoms with van der Waals surface area (Å²) in [5, 5.41) is 3.68. The molecule has 0 atom stereocenters. The number of piperidine rings is 1. The number of rotatable bonds is 7. The highest BCUT2D eigenvalue weighted by Gasteiger charge is 2.38. The first-order valence-corrected chi connectivity index (χ1v) is 9.67. The third-order valence-electron chi connectivity index (χ3n) is 5.60. The van der Waals surface area contributed by atoms with Crippen molar-refractivity contribution in [2.75, 3.05) is 46.5 Å². The van der Waals surface area contributed by atoms with Gasteiger partial charge in [-0.25, -0.2) is 0 Å². The van der Waals surface area contributed by atoms with E-state index in [-0.39, 0.29) is 5.54 Å². The lowest BCUT2D eigenvalue weighted by Gasteiger charge is -2.48. The molecule has 4 nitrogen and oxygen atoms in total. The summed E-state index contributed by atoms with van der Waals surface area (Å²) >= 11 is 0. The second kappa shape index (κ2) is 9.37. The lowest BCUT2D eigenvalue weighted by atomic mass is 9.86. The molecule has 2 aliphatic heterocycles. The quantitative estimate of drug-likeness (QED) is 0.769. The number of hydrogen-bond acceptors (Lipinski definition) is 4. The molecule has 2 fully saturated rings. The summed E-state index contributed by atoms with van der Waals surface area (Å²) < 4.78 is 11.0. The van der Waals surface area contributed by atoms with Gasteiger partial charge in [0.15, 0.2) is 0 Å². The third-order valence-corrected chi connectivity index (χ3v) is 5.60. The van der Waals surface area contributed by atoms with E-state index in [1.165, 1.54) is 32.4 Å².